The minimum Gasteiger partial charge on any atom is -0.508 e. The Morgan fingerprint density at radius 1 is 1.16 bits per heavy atom. The zero-order valence-electron chi connectivity index (χ0n) is 26.7. The molecule has 1 saturated heterocycles. The number of aliphatic imine (C=N–C) groups is 1. The van der Waals surface area contributed by atoms with E-state index < -0.39 is 11.5 Å². The molecule has 2 bridgehead atoms. The third-order valence-corrected chi connectivity index (χ3v) is 10.6. The molecule has 44 heavy (non-hydrogen) atoms. The van der Waals surface area contributed by atoms with Crippen molar-refractivity contribution in [3.8, 4) is 5.75 Å². The molecule has 4 unspecified atom stereocenters. The number of rotatable bonds is 12. The van der Waals surface area contributed by atoms with E-state index in [4.69, 9.17) is 11.5 Å². The number of carbonyl (C=O) groups excluding carboxylic acids is 2. The summed E-state index contributed by atoms with van der Waals surface area (Å²) in [5.74, 6) is 0.955. The van der Waals surface area contributed by atoms with Gasteiger partial charge in [-0.05, 0) is 90.6 Å². The Balaban J connectivity index is 1.32. The van der Waals surface area contributed by atoms with Gasteiger partial charge in [0.25, 0.3) is 0 Å². The van der Waals surface area contributed by atoms with Crippen LogP contribution in [0.5, 0.6) is 5.75 Å². The number of carbonyl (C=O) groups is 2. The second-order valence-corrected chi connectivity index (χ2v) is 13.9. The molecule has 9 heteroatoms. The van der Waals surface area contributed by atoms with Crippen LogP contribution in [0.25, 0.3) is 0 Å². The van der Waals surface area contributed by atoms with Crippen molar-refractivity contribution in [1.82, 2.24) is 15.5 Å². The van der Waals surface area contributed by atoms with Crippen molar-refractivity contribution >= 4 is 17.8 Å². The van der Waals surface area contributed by atoms with E-state index >= 15 is 0 Å². The highest BCUT2D eigenvalue weighted by molar-refractivity contribution is 5.95. The van der Waals surface area contributed by atoms with Gasteiger partial charge in [-0.3, -0.25) is 19.5 Å². The number of guanidine groups is 1. The molecule has 6 atom stereocenters. The van der Waals surface area contributed by atoms with E-state index in [1.54, 1.807) is 6.07 Å². The van der Waals surface area contributed by atoms with Crippen molar-refractivity contribution in [2.24, 2.45) is 34.2 Å². The van der Waals surface area contributed by atoms with Crippen molar-refractivity contribution in [3.05, 3.63) is 65.2 Å². The number of phenolic OH excluding ortho intramolecular Hbond substituents is 1. The third kappa shape index (κ3) is 6.29. The first-order chi connectivity index (χ1) is 21.0. The zero-order chi connectivity index (χ0) is 31.6. The Labute approximate surface area is 261 Å². The lowest BCUT2D eigenvalue weighted by molar-refractivity contribution is -0.131. The predicted octanol–water partition coefficient (Wildman–Crippen LogP) is 3.18. The monoisotopic (exact) mass is 602 g/mol. The summed E-state index contributed by atoms with van der Waals surface area (Å²) in [7, 11) is 0. The Morgan fingerprint density at radius 2 is 1.91 bits per heavy atom. The number of amides is 2. The number of fused-ring (bicyclic) bond motifs is 4. The number of likely N-dealkylation sites (tertiary alicyclic amines) is 1. The van der Waals surface area contributed by atoms with Gasteiger partial charge in [-0.1, -0.05) is 64.1 Å². The Kier molecular flexibility index (Phi) is 9.25. The van der Waals surface area contributed by atoms with Crippen LogP contribution in [-0.2, 0) is 26.8 Å². The first kappa shape index (κ1) is 31.8. The SMILES string of the molecule is CC(C)CC(NC(=O)[C@]1(c2ccccc2)CC1CN1CC[C@@]2(C)c3cc(O)ccc3CC1C2C)C(=O)NCCCN=C(N)N. The van der Waals surface area contributed by atoms with Crippen LogP contribution in [0.15, 0.2) is 53.5 Å². The summed E-state index contributed by atoms with van der Waals surface area (Å²) >= 11 is 0. The fraction of sp³-hybridized carbons (Fsp3) is 0.571. The molecule has 238 valence electrons. The highest BCUT2D eigenvalue weighted by Crippen LogP contribution is 2.57. The van der Waals surface area contributed by atoms with Gasteiger partial charge in [0.1, 0.15) is 11.8 Å². The summed E-state index contributed by atoms with van der Waals surface area (Å²) in [6.45, 7) is 11.5. The van der Waals surface area contributed by atoms with Crippen LogP contribution in [0.3, 0.4) is 0 Å². The van der Waals surface area contributed by atoms with E-state index in [9.17, 15) is 14.7 Å². The average Bonchev–Trinajstić information content (AvgIpc) is 3.71. The molecule has 2 aliphatic carbocycles. The highest BCUT2D eigenvalue weighted by Gasteiger charge is 2.62. The van der Waals surface area contributed by atoms with E-state index in [2.05, 4.69) is 66.4 Å². The second kappa shape index (κ2) is 12.8. The maximum atomic E-state index is 14.3. The number of hydrogen-bond donors (Lipinski definition) is 5. The summed E-state index contributed by atoms with van der Waals surface area (Å²) in [6, 6.07) is 15.7. The quantitative estimate of drug-likeness (QED) is 0.143. The van der Waals surface area contributed by atoms with Gasteiger partial charge in [-0.25, -0.2) is 0 Å². The lowest BCUT2D eigenvalue weighted by atomic mass is 9.59. The summed E-state index contributed by atoms with van der Waals surface area (Å²) in [5.41, 5.74) is 13.8. The molecule has 7 N–H and O–H groups in total. The number of nitrogens with zero attached hydrogens (tertiary/aromatic N) is 2. The van der Waals surface area contributed by atoms with Crippen LogP contribution in [0.1, 0.15) is 70.1 Å². The van der Waals surface area contributed by atoms with Gasteiger partial charge >= 0.3 is 0 Å². The Morgan fingerprint density at radius 3 is 2.61 bits per heavy atom. The first-order valence-electron chi connectivity index (χ1n) is 16.2. The van der Waals surface area contributed by atoms with Gasteiger partial charge in [0.2, 0.25) is 11.8 Å². The van der Waals surface area contributed by atoms with Crippen LogP contribution < -0.4 is 22.1 Å². The number of phenols is 1. The zero-order valence-corrected chi connectivity index (χ0v) is 26.7. The first-order valence-corrected chi connectivity index (χ1v) is 16.2. The highest BCUT2D eigenvalue weighted by atomic mass is 16.3. The van der Waals surface area contributed by atoms with E-state index in [0.717, 1.165) is 37.9 Å². The van der Waals surface area contributed by atoms with E-state index in [1.807, 2.05) is 24.3 Å². The number of benzene rings is 2. The van der Waals surface area contributed by atoms with Crippen LogP contribution in [0, 0.1) is 17.8 Å². The summed E-state index contributed by atoms with van der Waals surface area (Å²) in [6.07, 6.45) is 3.89. The van der Waals surface area contributed by atoms with Crippen molar-refractivity contribution in [2.75, 3.05) is 26.2 Å². The van der Waals surface area contributed by atoms with E-state index in [1.165, 1.54) is 11.1 Å². The molecule has 0 radical (unpaired) electrons. The minimum absolute atomic E-state index is 0.0195. The van der Waals surface area contributed by atoms with E-state index in [-0.39, 0.29) is 35.0 Å². The van der Waals surface area contributed by atoms with Gasteiger partial charge in [-0.2, -0.15) is 0 Å². The molecule has 2 aromatic rings. The topological polar surface area (TPSA) is 146 Å². The van der Waals surface area contributed by atoms with Gasteiger partial charge in [-0.15, -0.1) is 0 Å². The molecule has 1 heterocycles. The second-order valence-electron chi connectivity index (χ2n) is 13.9. The molecular weight excluding hydrogens is 552 g/mol. The van der Waals surface area contributed by atoms with E-state index in [0.29, 0.717) is 43.6 Å². The molecule has 2 aromatic carbocycles. The molecular formula is C35H50N6O3. The van der Waals surface area contributed by atoms with Crippen molar-refractivity contribution in [3.63, 3.8) is 0 Å². The fourth-order valence-electron chi connectivity index (χ4n) is 7.87. The molecule has 0 aromatic heterocycles. The molecule has 9 nitrogen and oxygen atoms in total. The number of nitrogens with two attached hydrogens (primary N) is 2. The molecule has 5 rings (SSSR count). The number of piperidine rings is 1. The average molecular weight is 603 g/mol. The lowest BCUT2D eigenvalue weighted by Crippen LogP contribution is -2.58. The van der Waals surface area contributed by atoms with Gasteiger partial charge in [0, 0.05) is 25.7 Å². The third-order valence-electron chi connectivity index (χ3n) is 10.6. The molecule has 3 aliphatic rings. The predicted molar refractivity (Wildman–Crippen MR) is 174 cm³/mol. The summed E-state index contributed by atoms with van der Waals surface area (Å²) in [4.78, 5) is 34.1. The largest absolute Gasteiger partial charge is 0.508 e. The van der Waals surface area contributed by atoms with Crippen molar-refractivity contribution in [2.45, 2.75) is 82.7 Å². The summed E-state index contributed by atoms with van der Waals surface area (Å²) in [5, 5.41) is 16.4. The van der Waals surface area contributed by atoms with Gasteiger partial charge < -0.3 is 27.2 Å². The normalized spacial score (nSPS) is 28.1. The van der Waals surface area contributed by atoms with Gasteiger partial charge in [0.15, 0.2) is 5.96 Å². The minimum atomic E-state index is -0.660. The number of aromatic hydroxyl groups is 1. The maximum Gasteiger partial charge on any atom is 0.242 e. The van der Waals surface area contributed by atoms with Crippen LogP contribution in [-0.4, -0.2) is 66.0 Å². The smallest absolute Gasteiger partial charge is 0.242 e. The molecule has 2 fully saturated rings. The van der Waals surface area contributed by atoms with Gasteiger partial charge in [0.05, 0.1) is 5.41 Å². The summed E-state index contributed by atoms with van der Waals surface area (Å²) < 4.78 is 0. The molecule has 1 aliphatic heterocycles. The fourth-order valence-corrected chi connectivity index (χ4v) is 7.87. The Bertz CT molecular complexity index is 1380. The molecule has 0 spiro atoms. The Hall–Kier alpha value is -3.59. The standard InChI is InChI=1S/C35H50N6O3/c1-22(2)17-29(31(43)38-14-8-15-39-33(36)37)40-32(44)35(25-9-6-5-7-10-25)20-26(35)21-41-16-13-34(4)23(3)30(41)18-24-11-12-27(42)19-28(24)34/h5-7,9-12,19,22-23,26,29-30,42H,8,13-18,20-21H2,1-4H3,(H,38,43)(H,40,44)(H4,36,37,39)/t23?,26?,29?,30?,34-,35+/m1/s1. The van der Waals surface area contributed by atoms with Crippen molar-refractivity contribution in [1.29, 1.82) is 0 Å². The van der Waals surface area contributed by atoms with Crippen LogP contribution in [0.4, 0.5) is 0 Å². The molecule has 1 saturated carbocycles. The van der Waals surface area contributed by atoms with Crippen molar-refractivity contribution < 1.29 is 14.7 Å². The number of hydrogen-bond acceptors (Lipinski definition) is 5. The number of nitrogens with one attached hydrogen (secondary N) is 2. The lowest BCUT2D eigenvalue weighted by Gasteiger charge is -2.55. The van der Waals surface area contributed by atoms with Crippen LogP contribution in [0.2, 0.25) is 0 Å². The molecule has 2 amide bonds. The van der Waals surface area contributed by atoms with Crippen LogP contribution >= 0.6 is 0 Å². The maximum absolute atomic E-state index is 14.3.